The molecule has 0 N–H and O–H groups in total. The number of ketones is 1. The number of ether oxygens (including phenoxy) is 2. The summed E-state index contributed by atoms with van der Waals surface area (Å²) in [5.41, 5.74) is 3.86. The van der Waals surface area contributed by atoms with Crippen molar-refractivity contribution in [3.05, 3.63) is 89.5 Å². The highest BCUT2D eigenvalue weighted by Gasteiger charge is 2.52. The van der Waals surface area contributed by atoms with Crippen LogP contribution in [0.25, 0.3) is 22.2 Å². The van der Waals surface area contributed by atoms with Gasteiger partial charge in [0.1, 0.15) is 5.75 Å². The minimum atomic E-state index is -0.650. The molecule has 4 atom stereocenters. The Morgan fingerprint density at radius 2 is 1.57 bits per heavy atom. The maximum atomic E-state index is 13.4. The van der Waals surface area contributed by atoms with Crippen LogP contribution in [0.5, 0.6) is 5.75 Å². The first-order valence-corrected chi connectivity index (χ1v) is 16.0. The number of carbonyl (C=O) groups is 4. The van der Waals surface area contributed by atoms with Gasteiger partial charge in [-0.15, -0.1) is 0 Å². The number of aryl methyl sites for hydroxylation is 1. The molecule has 224 valence electrons. The lowest BCUT2D eigenvalue weighted by atomic mass is 9.81. The highest BCUT2D eigenvalue weighted by atomic mass is 79.9. The Morgan fingerprint density at radius 3 is 2.23 bits per heavy atom. The van der Waals surface area contributed by atoms with Crippen LogP contribution in [0.2, 0.25) is 0 Å². The summed E-state index contributed by atoms with van der Waals surface area (Å²) in [6.07, 6.45) is 1.20. The Labute approximate surface area is 271 Å². The van der Waals surface area contributed by atoms with Gasteiger partial charge in [-0.1, -0.05) is 74.3 Å². The molecule has 1 aliphatic heterocycles. The van der Waals surface area contributed by atoms with Gasteiger partial charge in [0.15, 0.2) is 12.4 Å². The molecule has 1 aliphatic carbocycles. The van der Waals surface area contributed by atoms with Gasteiger partial charge in [0.25, 0.3) is 0 Å². The van der Waals surface area contributed by atoms with Gasteiger partial charge in [0.05, 0.1) is 41.4 Å². The number of halogens is 2. The number of aromatic nitrogens is 1. The molecule has 0 radical (unpaired) electrons. The number of amides is 2. The van der Waals surface area contributed by atoms with Gasteiger partial charge in [-0.25, -0.2) is 9.78 Å². The number of hydrogen-bond donors (Lipinski definition) is 0. The minimum absolute atomic E-state index is 0.131. The van der Waals surface area contributed by atoms with E-state index in [2.05, 4.69) is 31.9 Å². The average molecular weight is 720 g/mol. The molecule has 0 spiro atoms. The van der Waals surface area contributed by atoms with Crippen molar-refractivity contribution in [2.45, 2.75) is 29.4 Å². The first-order chi connectivity index (χ1) is 21.2. The van der Waals surface area contributed by atoms with E-state index in [0.717, 1.165) is 5.56 Å². The predicted molar refractivity (Wildman–Crippen MR) is 174 cm³/mol. The number of anilines is 1. The van der Waals surface area contributed by atoms with Gasteiger partial charge in [-0.05, 0) is 55.7 Å². The molecule has 2 amide bonds. The van der Waals surface area contributed by atoms with Crippen LogP contribution in [0.15, 0.2) is 72.8 Å². The second-order valence-electron chi connectivity index (χ2n) is 11.0. The third kappa shape index (κ3) is 5.57. The Hall–Kier alpha value is -3.89. The molecule has 8 nitrogen and oxygen atoms in total. The van der Waals surface area contributed by atoms with Gasteiger partial charge < -0.3 is 9.47 Å². The lowest BCUT2D eigenvalue weighted by molar-refractivity contribution is -0.122. The summed E-state index contributed by atoms with van der Waals surface area (Å²) >= 11 is 7.26. The number of methoxy groups -OCH3 is 1. The van der Waals surface area contributed by atoms with Crippen molar-refractivity contribution in [2.75, 3.05) is 18.6 Å². The third-order valence-electron chi connectivity index (χ3n) is 8.32. The number of para-hydroxylation sites is 1. The highest BCUT2D eigenvalue weighted by Crippen LogP contribution is 2.44. The fourth-order valence-corrected chi connectivity index (χ4v) is 7.17. The van der Waals surface area contributed by atoms with Crippen LogP contribution in [0.3, 0.4) is 0 Å². The second kappa shape index (κ2) is 12.2. The zero-order chi connectivity index (χ0) is 31.1. The van der Waals surface area contributed by atoms with E-state index in [1.165, 1.54) is 12.0 Å². The number of pyridine rings is 1. The van der Waals surface area contributed by atoms with E-state index in [1.807, 2.05) is 19.1 Å². The number of alkyl halides is 2. The zero-order valence-corrected chi connectivity index (χ0v) is 27.1. The van der Waals surface area contributed by atoms with Crippen molar-refractivity contribution in [1.82, 2.24) is 4.98 Å². The number of nitrogens with zero attached hydrogens (tertiary/aromatic N) is 2. The molecule has 6 rings (SSSR count). The largest absolute Gasteiger partial charge is 0.497 e. The number of imide groups is 1. The molecule has 2 aliphatic rings. The van der Waals surface area contributed by atoms with Crippen LogP contribution >= 0.6 is 31.9 Å². The smallest absolute Gasteiger partial charge is 0.339 e. The van der Waals surface area contributed by atoms with E-state index in [1.54, 1.807) is 60.7 Å². The zero-order valence-electron chi connectivity index (χ0n) is 24.0. The summed E-state index contributed by atoms with van der Waals surface area (Å²) in [5.74, 6) is -1.50. The van der Waals surface area contributed by atoms with Crippen molar-refractivity contribution in [1.29, 1.82) is 0 Å². The molecule has 44 heavy (non-hydrogen) atoms. The number of rotatable bonds is 7. The first-order valence-electron chi connectivity index (χ1n) is 14.2. The fourth-order valence-electron chi connectivity index (χ4n) is 5.93. The molecule has 1 saturated carbocycles. The normalized spacial score (nSPS) is 21.3. The first kappa shape index (κ1) is 30.1. The van der Waals surface area contributed by atoms with Gasteiger partial charge in [-0.2, -0.15) is 0 Å². The molecule has 10 heteroatoms. The van der Waals surface area contributed by atoms with Crippen molar-refractivity contribution in [3.63, 3.8) is 0 Å². The van der Waals surface area contributed by atoms with Crippen LogP contribution in [0, 0.1) is 18.8 Å². The molecule has 2 heterocycles. The Kier molecular flexibility index (Phi) is 8.39. The summed E-state index contributed by atoms with van der Waals surface area (Å²) in [7, 11) is 1.51. The number of benzene rings is 3. The third-order valence-corrected chi connectivity index (χ3v) is 11.1. The predicted octanol–water partition coefficient (Wildman–Crippen LogP) is 6.68. The Morgan fingerprint density at radius 1 is 0.909 bits per heavy atom. The molecule has 0 bridgehead atoms. The van der Waals surface area contributed by atoms with Gasteiger partial charge in [-0.3, -0.25) is 19.3 Å². The van der Waals surface area contributed by atoms with Gasteiger partial charge in [0, 0.05) is 26.2 Å². The standard InChI is InChI=1S/C34H28Br2N2O6/c1-18-5-3-8-23-26(34(42)44-17-30(39)20-6-4-7-22(13-20)43-2)16-29(37-31(18)23)19-9-11-21(12-10-19)38-32(40)24-14-27(35)28(36)15-25(24)33(38)41/h3-13,16,24-25,27-28H,14-15,17H2,1-2H3. The summed E-state index contributed by atoms with van der Waals surface area (Å²) in [6.45, 7) is 1.47. The minimum Gasteiger partial charge on any atom is -0.497 e. The van der Waals surface area contributed by atoms with Crippen molar-refractivity contribution >= 4 is 72.0 Å². The lowest BCUT2D eigenvalue weighted by Gasteiger charge is -2.29. The summed E-state index contributed by atoms with van der Waals surface area (Å²) in [5, 5.41) is 0.607. The molecular weight excluding hydrogens is 692 g/mol. The van der Waals surface area contributed by atoms with E-state index in [4.69, 9.17) is 14.5 Å². The number of Topliss-reactive ketones (excluding diaryl/α,β-unsaturated/α-hetero) is 1. The SMILES string of the molecule is COc1cccc(C(=O)COC(=O)c2cc(-c3ccc(N4C(=O)C5CC(Br)C(Br)CC5C4=O)cc3)nc3c(C)cccc23)c1. The number of fused-ring (bicyclic) bond motifs is 2. The molecule has 4 aromatic rings. The number of esters is 1. The second-order valence-corrected chi connectivity index (χ2v) is 13.4. The Balaban J connectivity index is 1.27. The molecular formula is C34H28Br2N2O6. The van der Waals surface area contributed by atoms with Crippen LogP contribution in [0.1, 0.15) is 39.1 Å². The highest BCUT2D eigenvalue weighted by molar-refractivity contribution is 9.12. The summed E-state index contributed by atoms with van der Waals surface area (Å²) in [4.78, 5) is 59.1. The van der Waals surface area contributed by atoms with E-state index < -0.39 is 12.6 Å². The number of hydrogen-bond acceptors (Lipinski definition) is 7. The molecule has 1 saturated heterocycles. The maximum Gasteiger partial charge on any atom is 0.339 e. The fraction of sp³-hybridized carbons (Fsp3) is 0.265. The van der Waals surface area contributed by atoms with E-state index in [9.17, 15) is 19.2 Å². The quantitative estimate of drug-likeness (QED) is 0.0909. The van der Waals surface area contributed by atoms with Crippen molar-refractivity contribution in [2.24, 2.45) is 11.8 Å². The van der Waals surface area contributed by atoms with Crippen LogP contribution in [-0.4, -0.2) is 51.9 Å². The van der Waals surface area contributed by atoms with E-state index in [0.29, 0.717) is 52.0 Å². The summed E-state index contributed by atoms with van der Waals surface area (Å²) in [6, 6.07) is 20.9. The van der Waals surface area contributed by atoms with Crippen molar-refractivity contribution in [3.8, 4) is 17.0 Å². The summed E-state index contributed by atoms with van der Waals surface area (Å²) < 4.78 is 10.7. The lowest BCUT2D eigenvalue weighted by Crippen LogP contribution is -2.34. The van der Waals surface area contributed by atoms with Crippen LogP contribution in [0.4, 0.5) is 5.69 Å². The monoisotopic (exact) mass is 718 g/mol. The van der Waals surface area contributed by atoms with Crippen molar-refractivity contribution < 1.29 is 28.7 Å². The number of carbonyl (C=O) groups excluding carboxylic acids is 4. The van der Waals surface area contributed by atoms with Gasteiger partial charge >= 0.3 is 5.97 Å². The van der Waals surface area contributed by atoms with E-state index in [-0.39, 0.29) is 44.7 Å². The maximum absolute atomic E-state index is 13.4. The Bertz CT molecular complexity index is 1780. The topological polar surface area (TPSA) is 103 Å². The molecule has 1 aromatic heterocycles. The van der Waals surface area contributed by atoms with Crippen LogP contribution in [-0.2, 0) is 14.3 Å². The average Bonchev–Trinajstić information content (AvgIpc) is 3.27. The molecule has 4 unspecified atom stereocenters. The molecule has 3 aromatic carbocycles. The van der Waals surface area contributed by atoms with Crippen LogP contribution < -0.4 is 9.64 Å². The van der Waals surface area contributed by atoms with Gasteiger partial charge in [0.2, 0.25) is 11.8 Å². The van der Waals surface area contributed by atoms with E-state index >= 15 is 0 Å². The molecule has 2 fully saturated rings.